The van der Waals surface area contributed by atoms with Crippen LogP contribution in [0.3, 0.4) is 0 Å². The smallest absolute Gasteiger partial charge is 0.134 e. The minimum absolute atomic E-state index is 0.473. The Morgan fingerprint density at radius 2 is 2.16 bits per heavy atom. The molecule has 0 saturated carbocycles. The average molecular weight is 256 g/mol. The highest BCUT2D eigenvalue weighted by molar-refractivity contribution is 5.92. The number of anilines is 1. The van der Waals surface area contributed by atoms with Crippen LogP contribution in [0, 0.1) is 6.92 Å². The zero-order valence-corrected chi connectivity index (χ0v) is 11.4. The van der Waals surface area contributed by atoms with Crippen molar-refractivity contribution in [2.75, 3.05) is 18.5 Å². The number of ether oxygens (including phenoxy) is 1. The Balaban J connectivity index is 1.89. The van der Waals surface area contributed by atoms with Crippen molar-refractivity contribution in [1.82, 2.24) is 4.98 Å². The van der Waals surface area contributed by atoms with Crippen molar-refractivity contribution < 1.29 is 4.74 Å². The van der Waals surface area contributed by atoms with E-state index in [4.69, 9.17) is 4.74 Å². The van der Waals surface area contributed by atoms with Crippen molar-refractivity contribution in [3.05, 3.63) is 36.0 Å². The summed E-state index contributed by atoms with van der Waals surface area (Å²) in [5.74, 6) is 1.01. The summed E-state index contributed by atoms with van der Waals surface area (Å²) in [5, 5.41) is 6.06. The van der Waals surface area contributed by atoms with E-state index in [-0.39, 0.29) is 0 Å². The fraction of sp³-hybridized carbons (Fsp3) is 0.438. The molecule has 0 bridgehead atoms. The lowest BCUT2D eigenvalue weighted by molar-refractivity contribution is 0.144. The Labute approximate surface area is 114 Å². The van der Waals surface area contributed by atoms with Crippen LogP contribution in [0.15, 0.2) is 30.5 Å². The molecular weight excluding hydrogens is 236 g/mol. The summed E-state index contributed by atoms with van der Waals surface area (Å²) >= 11 is 0. The van der Waals surface area contributed by atoms with Crippen molar-refractivity contribution in [3.8, 4) is 0 Å². The van der Waals surface area contributed by atoms with E-state index in [1.807, 2.05) is 6.20 Å². The van der Waals surface area contributed by atoms with Crippen molar-refractivity contribution in [3.63, 3.8) is 0 Å². The Hall–Kier alpha value is -1.61. The second-order valence-corrected chi connectivity index (χ2v) is 5.27. The van der Waals surface area contributed by atoms with Gasteiger partial charge in [0, 0.05) is 30.8 Å². The van der Waals surface area contributed by atoms with E-state index in [1.165, 1.54) is 16.3 Å². The van der Waals surface area contributed by atoms with E-state index >= 15 is 0 Å². The highest BCUT2D eigenvalue weighted by atomic mass is 16.5. The second kappa shape index (κ2) is 5.57. The molecule has 1 saturated heterocycles. The number of nitrogens with zero attached hydrogens (tertiary/aromatic N) is 1. The first kappa shape index (κ1) is 12.4. The molecule has 1 fully saturated rings. The van der Waals surface area contributed by atoms with Crippen LogP contribution >= 0.6 is 0 Å². The summed E-state index contributed by atoms with van der Waals surface area (Å²) in [6, 6.07) is 9.05. The molecule has 1 aromatic carbocycles. The zero-order chi connectivity index (χ0) is 13.1. The number of aryl methyl sites for hydroxylation is 1. The van der Waals surface area contributed by atoms with Gasteiger partial charge in [0.1, 0.15) is 5.82 Å². The molecule has 0 amide bonds. The third-order valence-electron chi connectivity index (χ3n) is 3.71. The van der Waals surface area contributed by atoms with Crippen LogP contribution in [0.25, 0.3) is 10.8 Å². The van der Waals surface area contributed by atoms with Gasteiger partial charge in [0.25, 0.3) is 0 Å². The molecule has 0 radical (unpaired) electrons. The number of pyridine rings is 1. The standard InChI is InChI=1S/C16H20N2O/c1-12-4-5-13-6-8-17-16(15(13)11-12)18-14-3-2-9-19-10-7-14/h4-6,8,11,14H,2-3,7,9-10H2,1H3,(H,17,18). The summed E-state index contributed by atoms with van der Waals surface area (Å²) in [7, 11) is 0. The van der Waals surface area contributed by atoms with Gasteiger partial charge in [0.15, 0.2) is 0 Å². The molecule has 1 N–H and O–H groups in total. The quantitative estimate of drug-likeness (QED) is 0.892. The van der Waals surface area contributed by atoms with Crippen LogP contribution in [-0.2, 0) is 4.74 Å². The Morgan fingerprint density at radius 1 is 1.21 bits per heavy atom. The molecule has 19 heavy (non-hydrogen) atoms. The predicted octanol–water partition coefficient (Wildman–Crippen LogP) is 3.52. The van der Waals surface area contributed by atoms with Gasteiger partial charge in [-0.05, 0) is 43.7 Å². The largest absolute Gasteiger partial charge is 0.381 e. The first-order chi connectivity index (χ1) is 9.33. The van der Waals surface area contributed by atoms with Gasteiger partial charge in [-0.2, -0.15) is 0 Å². The molecule has 1 unspecified atom stereocenters. The molecule has 3 rings (SSSR count). The van der Waals surface area contributed by atoms with Crippen molar-refractivity contribution >= 4 is 16.6 Å². The summed E-state index contributed by atoms with van der Waals surface area (Å²) < 4.78 is 5.51. The summed E-state index contributed by atoms with van der Waals surface area (Å²) in [5.41, 5.74) is 1.27. The summed E-state index contributed by atoms with van der Waals surface area (Å²) in [6.07, 6.45) is 5.22. The third kappa shape index (κ3) is 2.87. The number of rotatable bonds is 2. The van der Waals surface area contributed by atoms with Crippen LogP contribution in [0.5, 0.6) is 0 Å². The molecule has 2 heterocycles. The van der Waals surface area contributed by atoms with Gasteiger partial charge in [0.05, 0.1) is 0 Å². The molecule has 3 nitrogen and oxygen atoms in total. The lowest BCUT2D eigenvalue weighted by Crippen LogP contribution is -2.20. The highest BCUT2D eigenvalue weighted by Gasteiger charge is 2.13. The number of nitrogens with one attached hydrogen (secondary N) is 1. The van der Waals surface area contributed by atoms with E-state index in [9.17, 15) is 0 Å². The fourth-order valence-electron chi connectivity index (χ4n) is 2.64. The van der Waals surface area contributed by atoms with E-state index in [0.717, 1.165) is 38.3 Å². The fourth-order valence-corrected chi connectivity index (χ4v) is 2.64. The SMILES string of the molecule is Cc1ccc2ccnc(NC3CCCOCC3)c2c1. The van der Waals surface area contributed by atoms with Crippen molar-refractivity contribution in [1.29, 1.82) is 0 Å². The molecule has 1 aliphatic heterocycles. The number of hydrogen-bond donors (Lipinski definition) is 1. The first-order valence-corrected chi connectivity index (χ1v) is 7.02. The van der Waals surface area contributed by atoms with Crippen LogP contribution in [0.1, 0.15) is 24.8 Å². The zero-order valence-electron chi connectivity index (χ0n) is 11.4. The molecular formula is C16H20N2O. The molecule has 100 valence electrons. The summed E-state index contributed by atoms with van der Waals surface area (Å²) in [4.78, 5) is 4.52. The number of benzene rings is 1. The lowest BCUT2D eigenvalue weighted by Gasteiger charge is -2.17. The number of hydrogen-bond acceptors (Lipinski definition) is 3. The second-order valence-electron chi connectivity index (χ2n) is 5.27. The van der Waals surface area contributed by atoms with E-state index in [0.29, 0.717) is 6.04 Å². The molecule has 1 aromatic heterocycles. The third-order valence-corrected chi connectivity index (χ3v) is 3.71. The topological polar surface area (TPSA) is 34.2 Å². The van der Waals surface area contributed by atoms with E-state index < -0.39 is 0 Å². The van der Waals surface area contributed by atoms with Gasteiger partial charge in [-0.3, -0.25) is 0 Å². The van der Waals surface area contributed by atoms with Crippen LogP contribution in [0.2, 0.25) is 0 Å². The Bertz CT molecular complexity index is 560. The maximum atomic E-state index is 5.51. The summed E-state index contributed by atoms with van der Waals surface area (Å²) in [6.45, 7) is 3.86. The van der Waals surface area contributed by atoms with E-state index in [2.05, 4.69) is 41.5 Å². The maximum absolute atomic E-state index is 5.51. The van der Waals surface area contributed by atoms with Crippen LogP contribution in [-0.4, -0.2) is 24.2 Å². The van der Waals surface area contributed by atoms with Gasteiger partial charge in [-0.1, -0.05) is 17.7 Å². The minimum atomic E-state index is 0.473. The van der Waals surface area contributed by atoms with Gasteiger partial charge in [-0.25, -0.2) is 4.98 Å². The van der Waals surface area contributed by atoms with Gasteiger partial charge >= 0.3 is 0 Å². The molecule has 0 spiro atoms. The number of fused-ring (bicyclic) bond motifs is 1. The monoisotopic (exact) mass is 256 g/mol. The van der Waals surface area contributed by atoms with Crippen LogP contribution in [0.4, 0.5) is 5.82 Å². The molecule has 3 heteroatoms. The van der Waals surface area contributed by atoms with Gasteiger partial charge in [-0.15, -0.1) is 0 Å². The van der Waals surface area contributed by atoms with Crippen molar-refractivity contribution in [2.24, 2.45) is 0 Å². The predicted molar refractivity (Wildman–Crippen MR) is 78.6 cm³/mol. The van der Waals surface area contributed by atoms with Gasteiger partial charge < -0.3 is 10.1 Å². The lowest BCUT2D eigenvalue weighted by atomic mass is 10.1. The normalized spacial score (nSPS) is 20.2. The maximum Gasteiger partial charge on any atom is 0.134 e. The Morgan fingerprint density at radius 3 is 3.11 bits per heavy atom. The van der Waals surface area contributed by atoms with Gasteiger partial charge in [0.2, 0.25) is 0 Å². The van der Waals surface area contributed by atoms with Crippen molar-refractivity contribution in [2.45, 2.75) is 32.2 Å². The molecule has 0 aliphatic carbocycles. The van der Waals surface area contributed by atoms with E-state index in [1.54, 1.807) is 0 Å². The highest BCUT2D eigenvalue weighted by Crippen LogP contribution is 2.24. The molecule has 2 aromatic rings. The first-order valence-electron chi connectivity index (χ1n) is 7.02. The number of aromatic nitrogens is 1. The van der Waals surface area contributed by atoms with Crippen LogP contribution < -0.4 is 5.32 Å². The Kier molecular flexibility index (Phi) is 3.65. The minimum Gasteiger partial charge on any atom is -0.381 e. The molecule has 1 aliphatic rings. The molecule has 1 atom stereocenters. The average Bonchev–Trinajstić information content (AvgIpc) is 2.68.